The molecule has 1 saturated carbocycles. The first-order valence-corrected chi connectivity index (χ1v) is 12.1. The van der Waals surface area contributed by atoms with E-state index in [-0.39, 0.29) is 17.6 Å². The van der Waals surface area contributed by atoms with E-state index in [1.807, 2.05) is 31.3 Å². The minimum Gasteiger partial charge on any atom is -0.375 e. The van der Waals surface area contributed by atoms with Gasteiger partial charge in [0, 0.05) is 38.9 Å². The minimum absolute atomic E-state index is 0.0873. The molecular formula is C24H30N8O2. The van der Waals surface area contributed by atoms with Crippen molar-refractivity contribution < 1.29 is 9.53 Å². The van der Waals surface area contributed by atoms with Crippen LogP contribution in [0.1, 0.15) is 48.9 Å². The van der Waals surface area contributed by atoms with Crippen LogP contribution in [-0.4, -0.2) is 63.9 Å². The molecule has 0 atom stereocenters. The molecule has 1 aliphatic carbocycles. The fourth-order valence-electron chi connectivity index (χ4n) is 4.95. The molecule has 3 aromatic heterocycles. The topological polar surface area (TPSA) is 109 Å². The van der Waals surface area contributed by atoms with E-state index in [0.717, 1.165) is 57.0 Å². The molecule has 2 aliphatic heterocycles. The normalized spacial score (nSPS) is 19.5. The third kappa shape index (κ3) is 4.02. The number of carbonyl (C=O) groups is 1. The highest BCUT2D eigenvalue weighted by atomic mass is 16.5. The second-order valence-corrected chi connectivity index (χ2v) is 9.45. The number of rotatable bonds is 6. The Bertz CT molecular complexity index is 1200. The predicted molar refractivity (Wildman–Crippen MR) is 130 cm³/mol. The molecule has 0 aromatic carbocycles. The molecule has 0 unspecified atom stereocenters. The fourth-order valence-corrected chi connectivity index (χ4v) is 4.95. The summed E-state index contributed by atoms with van der Waals surface area (Å²) in [5, 5.41) is 13.8. The number of aromatic nitrogens is 4. The molecule has 178 valence electrons. The summed E-state index contributed by atoms with van der Waals surface area (Å²) in [6.07, 6.45) is 8.06. The lowest BCUT2D eigenvalue weighted by atomic mass is 9.89. The van der Waals surface area contributed by atoms with Crippen LogP contribution in [0.25, 0.3) is 5.65 Å². The highest BCUT2D eigenvalue weighted by molar-refractivity contribution is 6.00. The Morgan fingerprint density at radius 3 is 2.74 bits per heavy atom. The summed E-state index contributed by atoms with van der Waals surface area (Å²) in [6, 6.07) is 8.11. The minimum atomic E-state index is -0.140. The van der Waals surface area contributed by atoms with Gasteiger partial charge in [0.1, 0.15) is 28.8 Å². The second kappa shape index (κ2) is 8.43. The molecule has 0 radical (unpaired) electrons. The maximum absolute atomic E-state index is 12.7. The molecule has 6 rings (SSSR count). The number of amides is 1. The predicted octanol–water partition coefficient (Wildman–Crippen LogP) is 2.95. The number of nitrogens with one attached hydrogen (secondary N) is 3. The quantitative estimate of drug-likeness (QED) is 0.513. The number of hydrogen-bond donors (Lipinski definition) is 3. The van der Waals surface area contributed by atoms with Gasteiger partial charge in [0.05, 0.1) is 11.8 Å². The van der Waals surface area contributed by atoms with E-state index in [9.17, 15) is 4.79 Å². The lowest BCUT2D eigenvalue weighted by molar-refractivity contribution is -0.0147. The first-order chi connectivity index (χ1) is 16.6. The van der Waals surface area contributed by atoms with E-state index in [2.05, 4.69) is 25.9 Å². The first-order valence-electron chi connectivity index (χ1n) is 12.1. The van der Waals surface area contributed by atoms with Crippen molar-refractivity contribution in [1.29, 1.82) is 0 Å². The van der Waals surface area contributed by atoms with E-state index >= 15 is 0 Å². The summed E-state index contributed by atoms with van der Waals surface area (Å²) in [6.45, 7) is 2.78. The third-order valence-corrected chi connectivity index (χ3v) is 7.06. The van der Waals surface area contributed by atoms with Crippen LogP contribution in [0.2, 0.25) is 0 Å². The van der Waals surface area contributed by atoms with E-state index in [1.165, 1.54) is 12.8 Å². The number of anilines is 4. The van der Waals surface area contributed by atoms with Crippen LogP contribution >= 0.6 is 0 Å². The van der Waals surface area contributed by atoms with Crippen LogP contribution in [0.4, 0.5) is 23.3 Å². The summed E-state index contributed by atoms with van der Waals surface area (Å²) in [5.41, 5.74) is 1.05. The molecule has 10 heteroatoms. The van der Waals surface area contributed by atoms with Gasteiger partial charge < -0.3 is 25.6 Å². The number of fused-ring (bicyclic) bond motifs is 1. The molecule has 5 heterocycles. The molecule has 2 saturated heterocycles. The zero-order valence-corrected chi connectivity index (χ0v) is 19.4. The zero-order valence-electron chi connectivity index (χ0n) is 19.4. The van der Waals surface area contributed by atoms with Crippen LogP contribution in [0, 0.1) is 0 Å². The Balaban J connectivity index is 1.23. The number of pyridine rings is 1. The lowest BCUT2D eigenvalue weighted by Gasteiger charge is -2.39. The summed E-state index contributed by atoms with van der Waals surface area (Å²) in [4.78, 5) is 24.5. The summed E-state index contributed by atoms with van der Waals surface area (Å²) in [5.74, 6) is 2.84. The second-order valence-electron chi connectivity index (χ2n) is 9.45. The van der Waals surface area contributed by atoms with Crippen molar-refractivity contribution in [3.63, 3.8) is 0 Å². The SMILES string of the molecule is CNc1cc(Nc2cccc(N3CCC4(CCCO4)CC3)n2)nc2c(C(=O)NC3CC3)cnn12. The van der Waals surface area contributed by atoms with Crippen molar-refractivity contribution in [2.24, 2.45) is 0 Å². The largest absolute Gasteiger partial charge is 0.375 e. The Morgan fingerprint density at radius 2 is 2.00 bits per heavy atom. The number of ether oxygens (including phenoxy) is 1. The van der Waals surface area contributed by atoms with Gasteiger partial charge in [0.2, 0.25) is 0 Å². The van der Waals surface area contributed by atoms with Crippen LogP contribution in [0.15, 0.2) is 30.5 Å². The Labute approximate surface area is 198 Å². The van der Waals surface area contributed by atoms with Crippen molar-refractivity contribution in [2.45, 2.75) is 50.2 Å². The molecule has 3 aromatic rings. The number of carbonyl (C=O) groups excluding carboxylic acids is 1. The lowest BCUT2D eigenvalue weighted by Crippen LogP contribution is -2.44. The van der Waals surface area contributed by atoms with Gasteiger partial charge in [0.25, 0.3) is 5.91 Å². The molecular weight excluding hydrogens is 432 g/mol. The molecule has 1 amide bonds. The molecule has 34 heavy (non-hydrogen) atoms. The van der Waals surface area contributed by atoms with E-state index in [0.29, 0.717) is 22.8 Å². The Kier molecular flexibility index (Phi) is 5.24. The van der Waals surface area contributed by atoms with Gasteiger partial charge in [-0.05, 0) is 50.7 Å². The molecule has 3 aliphatic rings. The smallest absolute Gasteiger partial charge is 0.256 e. The van der Waals surface area contributed by atoms with Crippen molar-refractivity contribution in [1.82, 2.24) is 24.9 Å². The van der Waals surface area contributed by atoms with Crippen molar-refractivity contribution in [3.05, 3.63) is 36.0 Å². The molecule has 0 bridgehead atoms. The van der Waals surface area contributed by atoms with Crippen LogP contribution < -0.4 is 20.9 Å². The van der Waals surface area contributed by atoms with Crippen molar-refractivity contribution in [3.8, 4) is 0 Å². The van der Waals surface area contributed by atoms with E-state index in [1.54, 1.807) is 10.7 Å². The van der Waals surface area contributed by atoms with Gasteiger partial charge in [-0.3, -0.25) is 4.79 Å². The van der Waals surface area contributed by atoms with E-state index in [4.69, 9.17) is 14.7 Å². The number of hydrogen-bond acceptors (Lipinski definition) is 8. The van der Waals surface area contributed by atoms with Crippen LogP contribution in [0.5, 0.6) is 0 Å². The van der Waals surface area contributed by atoms with Gasteiger partial charge in [-0.2, -0.15) is 9.61 Å². The average molecular weight is 463 g/mol. The van der Waals surface area contributed by atoms with Gasteiger partial charge in [0.15, 0.2) is 5.65 Å². The van der Waals surface area contributed by atoms with Gasteiger partial charge in [-0.25, -0.2) is 9.97 Å². The highest BCUT2D eigenvalue weighted by Crippen LogP contribution is 2.36. The molecule has 1 spiro atoms. The van der Waals surface area contributed by atoms with Gasteiger partial charge >= 0.3 is 0 Å². The monoisotopic (exact) mass is 462 g/mol. The number of piperidine rings is 1. The fraction of sp³-hybridized carbons (Fsp3) is 0.500. The molecule has 3 fully saturated rings. The summed E-state index contributed by atoms with van der Waals surface area (Å²) >= 11 is 0. The first kappa shape index (κ1) is 21.2. The Hall–Kier alpha value is -3.40. The van der Waals surface area contributed by atoms with Crippen molar-refractivity contribution in [2.75, 3.05) is 42.3 Å². The molecule has 3 N–H and O–H groups in total. The highest BCUT2D eigenvalue weighted by Gasteiger charge is 2.38. The zero-order chi connectivity index (χ0) is 23.1. The summed E-state index contributed by atoms with van der Waals surface area (Å²) in [7, 11) is 1.82. The van der Waals surface area contributed by atoms with Crippen LogP contribution in [-0.2, 0) is 4.74 Å². The van der Waals surface area contributed by atoms with Crippen molar-refractivity contribution >= 4 is 34.8 Å². The van der Waals surface area contributed by atoms with Gasteiger partial charge in [-0.15, -0.1) is 0 Å². The molecule has 10 nitrogen and oxygen atoms in total. The standard InChI is InChI=1S/C24H30N8O2/c1-25-21-14-19(30-22-17(15-26-32(21)22)23(33)27-16-6-7-16)28-18-4-2-5-20(29-18)31-11-9-24(10-12-31)8-3-13-34-24/h2,4-5,14-16,25H,3,6-13H2,1H3,(H,27,33)(H,28,29,30). The third-order valence-electron chi connectivity index (χ3n) is 7.06. The Morgan fingerprint density at radius 1 is 1.15 bits per heavy atom. The summed E-state index contributed by atoms with van der Waals surface area (Å²) < 4.78 is 7.70. The maximum Gasteiger partial charge on any atom is 0.256 e. The number of nitrogens with zero attached hydrogens (tertiary/aromatic N) is 5. The van der Waals surface area contributed by atoms with E-state index < -0.39 is 0 Å². The maximum atomic E-state index is 12.7. The van der Waals surface area contributed by atoms with Gasteiger partial charge in [-0.1, -0.05) is 6.07 Å². The van der Waals surface area contributed by atoms with Crippen LogP contribution in [0.3, 0.4) is 0 Å². The average Bonchev–Trinajstić information content (AvgIpc) is 3.38.